The molecule has 1 heterocycles. The van der Waals surface area contributed by atoms with Crippen molar-refractivity contribution in [3.05, 3.63) is 35.3 Å². The zero-order chi connectivity index (χ0) is 11.1. The fraction of sp³-hybridized carbons (Fsp3) is 0.200. The highest BCUT2D eigenvalue weighted by Crippen LogP contribution is 2.20. The van der Waals surface area contributed by atoms with Crippen molar-refractivity contribution in [2.75, 3.05) is 7.05 Å². The van der Waals surface area contributed by atoms with Crippen LogP contribution < -0.4 is 11.3 Å². The van der Waals surface area contributed by atoms with Crippen molar-refractivity contribution in [2.45, 2.75) is 6.92 Å². The first kappa shape index (κ1) is 11.8. The summed E-state index contributed by atoms with van der Waals surface area (Å²) in [7, 11) is 1.65. The molecule has 0 fully saturated rings. The molecule has 0 aliphatic heterocycles. The monoisotopic (exact) mass is 222 g/mol. The van der Waals surface area contributed by atoms with E-state index in [-0.39, 0.29) is 0 Å². The minimum absolute atomic E-state index is 0.981. The largest absolute Gasteiger partial charge is 0.272 e. The number of nitrogens with two attached hydrogens (primary N) is 1. The Morgan fingerprint density at radius 3 is 2.33 bits per heavy atom. The zero-order valence-corrected chi connectivity index (χ0v) is 9.58. The van der Waals surface area contributed by atoms with Gasteiger partial charge in [-0.15, -0.1) is 10.2 Å². The molecular weight excluding hydrogens is 208 g/mol. The van der Waals surface area contributed by atoms with E-state index in [0.29, 0.717) is 0 Å². The maximum absolute atomic E-state index is 4.60. The molecule has 2 rings (SSSR count). The van der Waals surface area contributed by atoms with Gasteiger partial charge in [-0.1, -0.05) is 41.2 Å². The van der Waals surface area contributed by atoms with Crippen LogP contribution in [0.3, 0.4) is 0 Å². The van der Waals surface area contributed by atoms with Crippen molar-refractivity contribution in [2.24, 2.45) is 5.84 Å². The van der Waals surface area contributed by atoms with Crippen LogP contribution in [0.25, 0.3) is 10.6 Å². The van der Waals surface area contributed by atoms with E-state index in [2.05, 4.69) is 52.7 Å². The van der Waals surface area contributed by atoms with Crippen molar-refractivity contribution < 1.29 is 0 Å². The molecule has 0 amide bonds. The highest BCUT2D eigenvalue weighted by molar-refractivity contribution is 7.12. The van der Waals surface area contributed by atoms with Gasteiger partial charge in [0.25, 0.3) is 0 Å². The summed E-state index contributed by atoms with van der Waals surface area (Å²) in [5.41, 5.74) is 6.40. The fourth-order valence-electron chi connectivity index (χ4n) is 0.995. The summed E-state index contributed by atoms with van der Waals surface area (Å²) < 4.78 is 0. The van der Waals surface area contributed by atoms with Crippen molar-refractivity contribution in [1.29, 1.82) is 0 Å². The van der Waals surface area contributed by atoms with Gasteiger partial charge >= 0.3 is 0 Å². The molecule has 0 unspecified atom stereocenters. The molecule has 0 saturated carbocycles. The number of hydrazine groups is 1. The van der Waals surface area contributed by atoms with E-state index in [9.17, 15) is 0 Å². The predicted molar refractivity (Wildman–Crippen MR) is 63.3 cm³/mol. The number of hydrogen-bond donors (Lipinski definition) is 2. The van der Waals surface area contributed by atoms with Crippen LogP contribution in [0.4, 0.5) is 0 Å². The molecule has 0 radical (unpaired) electrons. The number of benzene rings is 1. The minimum atomic E-state index is 0.981. The van der Waals surface area contributed by atoms with E-state index in [1.54, 1.807) is 23.9 Å². The van der Waals surface area contributed by atoms with Gasteiger partial charge in [0.15, 0.2) is 0 Å². The lowest BCUT2D eigenvalue weighted by molar-refractivity contribution is 0.900. The lowest BCUT2D eigenvalue weighted by Crippen LogP contribution is -2.13. The summed E-state index contributed by atoms with van der Waals surface area (Å²) in [6.07, 6.45) is 0. The molecule has 1 aromatic carbocycles. The van der Waals surface area contributed by atoms with E-state index in [1.165, 1.54) is 5.56 Å². The van der Waals surface area contributed by atoms with Gasteiger partial charge in [-0.25, -0.2) is 0 Å². The maximum Gasteiger partial charge on any atom is 0.147 e. The molecule has 1 aromatic heterocycles. The average Bonchev–Trinajstić information content (AvgIpc) is 2.73. The number of nitrogens with one attached hydrogen (secondary N) is 1. The van der Waals surface area contributed by atoms with Gasteiger partial charge in [0.05, 0.1) is 0 Å². The van der Waals surface area contributed by atoms with E-state index in [4.69, 9.17) is 0 Å². The van der Waals surface area contributed by atoms with Gasteiger partial charge in [0.1, 0.15) is 10.5 Å². The molecule has 4 nitrogen and oxygen atoms in total. The van der Waals surface area contributed by atoms with Crippen LogP contribution in [0, 0.1) is 6.92 Å². The summed E-state index contributed by atoms with van der Waals surface area (Å²) in [6, 6.07) is 8.29. The number of hydrogen-bond acceptors (Lipinski definition) is 5. The highest BCUT2D eigenvalue weighted by Gasteiger charge is 1.98. The number of rotatable bonds is 1. The number of nitrogens with zero attached hydrogens (tertiary/aromatic N) is 2. The molecule has 0 atom stereocenters. The Kier molecular flexibility index (Phi) is 4.89. The third kappa shape index (κ3) is 3.75. The van der Waals surface area contributed by atoms with Crippen LogP contribution >= 0.6 is 11.3 Å². The minimum Gasteiger partial charge on any atom is -0.272 e. The van der Waals surface area contributed by atoms with Gasteiger partial charge in [0, 0.05) is 5.56 Å². The molecule has 5 heteroatoms. The van der Waals surface area contributed by atoms with Crippen molar-refractivity contribution >= 4 is 11.3 Å². The number of aromatic nitrogens is 2. The first-order valence-electron chi connectivity index (χ1n) is 4.48. The third-order valence-corrected chi connectivity index (χ3v) is 2.40. The topological polar surface area (TPSA) is 63.8 Å². The molecule has 0 aliphatic rings. The van der Waals surface area contributed by atoms with Crippen LogP contribution in [-0.4, -0.2) is 17.2 Å². The molecule has 0 aliphatic carbocycles. The molecule has 15 heavy (non-hydrogen) atoms. The summed E-state index contributed by atoms with van der Waals surface area (Å²) in [6.45, 7) is 2.07. The molecule has 0 spiro atoms. The molecular formula is C10H14N4S. The summed E-state index contributed by atoms with van der Waals surface area (Å²) in [4.78, 5) is 0. The Hall–Kier alpha value is -1.30. The van der Waals surface area contributed by atoms with Crippen LogP contribution in [-0.2, 0) is 0 Å². The third-order valence-electron chi connectivity index (χ3n) is 1.66. The lowest BCUT2D eigenvalue weighted by atomic mass is 10.2. The zero-order valence-electron chi connectivity index (χ0n) is 8.77. The van der Waals surface area contributed by atoms with E-state index in [1.807, 2.05) is 0 Å². The Labute approximate surface area is 93.1 Å². The normalized spacial score (nSPS) is 9.27. The molecule has 2 aromatic rings. The standard InChI is InChI=1S/C9H8N2S.CH6N2/c1-7-2-4-8(5-3-7)9-11-10-6-12-9;1-3-2/h2-6H,1H3;3H,2H2,1H3. The van der Waals surface area contributed by atoms with Gasteiger partial charge in [-0.3, -0.25) is 11.3 Å². The first-order valence-corrected chi connectivity index (χ1v) is 5.36. The summed E-state index contributed by atoms with van der Waals surface area (Å²) in [5.74, 6) is 4.60. The van der Waals surface area contributed by atoms with Crippen LogP contribution in [0.15, 0.2) is 29.8 Å². The smallest absolute Gasteiger partial charge is 0.147 e. The summed E-state index contributed by atoms with van der Waals surface area (Å²) in [5, 5.41) is 8.76. The molecule has 3 N–H and O–H groups in total. The van der Waals surface area contributed by atoms with Gasteiger partial charge in [-0.2, -0.15) is 0 Å². The van der Waals surface area contributed by atoms with Crippen LogP contribution in [0.2, 0.25) is 0 Å². The second kappa shape index (κ2) is 6.23. The number of aryl methyl sites for hydroxylation is 1. The van der Waals surface area contributed by atoms with Gasteiger partial charge in [0.2, 0.25) is 0 Å². The van der Waals surface area contributed by atoms with Crippen molar-refractivity contribution in [3.8, 4) is 10.6 Å². The Morgan fingerprint density at radius 2 is 1.87 bits per heavy atom. The Balaban J connectivity index is 0.000000337. The SMILES string of the molecule is CNN.Cc1ccc(-c2nncs2)cc1. The van der Waals surface area contributed by atoms with E-state index < -0.39 is 0 Å². The van der Waals surface area contributed by atoms with E-state index >= 15 is 0 Å². The maximum atomic E-state index is 4.60. The second-order valence-corrected chi connectivity index (χ2v) is 3.73. The van der Waals surface area contributed by atoms with E-state index in [0.717, 1.165) is 10.6 Å². The average molecular weight is 222 g/mol. The van der Waals surface area contributed by atoms with Crippen LogP contribution in [0.5, 0.6) is 0 Å². The van der Waals surface area contributed by atoms with Crippen molar-refractivity contribution in [3.63, 3.8) is 0 Å². The molecule has 0 bridgehead atoms. The summed E-state index contributed by atoms with van der Waals surface area (Å²) >= 11 is 1.56. The predicted octanol–water partition coefficient (Wildman–Crippen LogP) is 1.59. The fourth-order valence-corrected chi connectivity index (χ4v) is 1.56. The molecule has 80 valence electrons. The highest BCUT2D eigenvalue weighted by atomic mass is 32.1. The molecule has 0 saturated heterocycles. The first-order chi connectivity index (χ1) is 7.27. The van der Waals surface area contributed by atoms with Crippen LogP contribution in [0.1, 0.15) is 5.56 Å². The second-order valence-electron chi connectivity index (χ2n) is 2.90. The Morgan fingerprint density at radius 1 is 1.27 bits per heavy atom. The lowest BCUT2D eigenvalue weighted by Gasteiger charge is -1.94. The van der Waals surface area contributed by atoms with Gasteiger partial charge < -0.3 is 0 Å². The van der Waals surface area contributed by atoms with Crippen molar-refractivity contribution in [1.82, 2.24) is 15.6 Å². The Bertz CT molecular complexity index is 369. The quantitative estimate of drug-likeness (QED) is 0.568. The van der Waals surface area contributed by atoms with Gasteiger partial charge in [-0.05, 0) is 14.0 Å².